The fourth-order valence-corrected chi connectivity index (χ4v) is 9.53. The summed E-state index contributed by atoms with van der Waals surface area (Å²) in [6.07, 6.45) is 6.11. The smallest absolute Gasteiger partial charge is 0.234 e. The minimum absolute atomic E-state index is 0.695. The number of rotatable bonds is 7. The molecule has 0 amide bonds. The minimum atomic E-state index is 0.695. The molecule has 4 heteroatoms. The van der Waals surface area contributed by atoms with Crippen LogP contribution in [-0.2, 0) is 6.42 Å². The fourth-order valence-electron chi connectivity index (χ4n) is 9.53. The molecular formula is C58H40N4. The molecule has 0 radical (unpaired) electrons. The van der Waals surface area contributed by atoms with Gasteiger partial charge in [-0.1, -0.05) is 158 Å². The van der Waals surface area contributed by atoms with E-state index in [-0.39, 0.29) is 0 Å². The quantitative estimate of drug-likeness (QED) is 0.161. The van der Waals surface area contributed by atoms with Crippen molar-refractivity contribution in [2.75, 3.05) is 0 Å². The number of para-hydroxylation sites is 2. The summed E-state index contributed by atoms with van der Waals surface area (Å²) in [5.41, 5.74) is 19.0. The number of aromatic nitrogens is 4. The van der Waals surface area contributed by atoms with E-state index >= 15 is 0 Å². The molecule has 1 aliphatic carbocycles. The molecule has 12 rings (SSSR count). The Labute approximate surface area is 360 Å². The van der Waals surface area contributed by atoms with E-state index in [4.69, 9.17) is 9.97 Å². The molecule has 0 saturated carbocycles. The van der Waals surface area contributed by atoms with Crippen molar-refractivity contribution in [2.24, 2.45) is 0 Å². The first-order valence-electron chi connectivity index (χ1n) is 21.4. The monoisotopic (exact) mass is 792 g/mol. The molecule has 0 bridgehead atoms. The van der Waals surface area contributed by atoms with Crippen molar-refractivity contribution in [2.45, 2.75) is 12.8 Å². The summed E-state index contributed by atoms with van der Waals surface area (Å²) >= 11 is 0. The Bertz CT molecular complexity index is 3480. The lowest BCUT2D eigenvalue weighted by molar-refractivity contribution is 0.853. The molecule has 0 N–H and O–H groups in total. The predicted octanol–water partition coefficient (Wildman–Crippen LogP) is 14.7. The van der Waals surface area contributed by atoms with Gasteiger partial charge in [-0.25, -0.2) is 9.97 Å². The molecule has 0 fully saturated rings. The van der Waals surface area contributed by atoms with Crippen molar-refractivity contribution < 1.29 is 0 Å². The zero-order valence-corrected chi connectivity index (χ0v) is 34.0. The van der Waals surface area contributed by atoms with Crippen LogP contribution in [0, 0.1) is 0 Å². The van der Waals surface area contributed by atoms with E-state index in [0.717, 1.165) is 40.9 Å². The van der Waals surface area contributed by atoms with Crippen LogP contribution in [0.25, 0.3) is 101 Å². The number of hydrogen-bond acceptors (Lipinski definition) is 2. The molecule has 3 heterocycles. The van der Waals surface area contributed by atoms with Gasteiger partial charge in [-0.05, 0) is 112 Å². The molecule has 8 aromatic carbocycles. The van der Waals surface area contributed by atoms with Crippen LogP contribution in [0.5, 0.6) is 0 Å². The molecular weight excluding hydrogens is 753 g/mol. The maximum absolute atomic E-state index is 5.25. The Hall–Kier alpha value is -8.08. The third-order valence-corrected chi connectivity index (χ3v) is 12.6. The standard InChI is InChI=1S/C58H40N4/c1-3-12-39(13-4-1)41-22-24-43(25-23-41)44-16-11-17-47(36-44)53-34-35-59-58(60-53)62-55-21-10-8-19-50(55)52-38-46(29-33-57(52)62)45-28-32-56-51(37-45)49-18-7-9-20-54(49)61(56)48-30-26-42(27-31-48)40-14-5-2-6-15-40/h1-28,30-32,34-38H,29,33H2. The zero-order valence-electron chi connectivity index (χ0n) is 34.0. The van der Waals surface area contributed by atoms with Gasteiger partial charge in [0.25, 0.3) is 0 Å². The fraction of sp³-hybridized carbons (Fsp3) is 0.0345. The number of hydrogen-bond donors (Lipinski definition) is 0. The highest BCUT2D eigenvalue weighted by Gasteiger charge is 2.24. The van der Waals surface area contributed by atoms with Crippen molar-refractivity contribution in [3.63, 3.8) is 0 Å². The first kappa shape index (κ1) is 35.8. The lowest BCUT2D eigenvalue weighted by Crippen LogP contribution is -2.08. The van der Waals surface area contributed by atoms with Crippen LogP contribution in [0.4, 0.5) is 0 Å². The van der Waals surface area contributed by atoms with Crippen LogP contribution < -0.4 is 0 Å². The van der Waals surface area contributed by atoms with E-state index in [0.29, 0.717) is 5.95 Å². The van der Waals surface area contributed by atoms with Crippen LogP contribution in [0.15, 0.2) is 212 Å². The maximum atomic E-state index is 5.25. The second-order valence-corrected chi connectivity index (χ2v) is 16.1. The molecule has 62 heavy (non-hydrogen) atoms. The van der Waals surface area contributed by atoms with Gasteiger partial charge in [0, 0.05) is 44.9 Å². The third-order valence-electron chi connectivity index (χ3n) is 12.6. The van der Waals surface area contributed by atoms with Crippen molar-refractivity contribution in [1.29, 1.82) is 0 Å². The van der Waals surface area contributed by atoms with Gasteiger partial charge in [0.2, 0.25) is 5.95 Å². The van der Waals surface area contributed by atoms with Gasteiger partial charge in [0.15, 0.2) is 0 Å². The summed E-state index contributed by atoms with van der Waals surface area (Å²) < 4.78 is 4.69. The van der Waals surface area contributed by atoms with Crippen molar-refractivity contribution >= 4 is 44.4 Å². The second kappa shape index (κ2) is 14.9. The number of benzene rings is 8. The number of fused-ring (bicyclic) bond motifs is 6. The third kappa shape index (κ3) is 6.15. The van der Waals surface area contributed by atoms with Crippen LogP contribution in [0.3, 0.4) is 0 Å². The normalized spacial score (nSPS) is 12.5. The average molecular weight is 793 g/mol. The first-order valence-corrected chi connectivity index (χ1v) is 21.4. The highest BCUT2D eigenvalue weighted by Crippen LogP contribution is 2.41. The Morgan fingerprint density at radius 1 is 0.371 bits per heavy atom. The zero-order chi connectivity index (χ0) is 41.0. The summed E-state index contributed by atoms with van der Waals surface area (Å²) in [4.78, 5) is 10.2. The molecule has 0 aliphatic heterocycles. The van der Waals surface area contributed by atoms with Crippen LogP contribution in [0.1, 0.15) is 23.2 Å². The predicted molar refractivity (Wildman–Crippen MR) is 258 cm³/mol. The van der Waals surface area contributed by atoms with Gasteiger partial charge in [-0.3, -0.25) is 4.57 Å². The highest BCUT2D eigenvalue weighted by atomic mass is 15.2. The highest BCUT2D eigenvalue weighted by molar-refractivity contribution is 6.10. The Balaban J connectivity index is 0.895. The van der Waals surface area contributed by atoms with Gasteiger partial charge >= 0.3 is 0 Å². The summed E-state index contributed by atoms with van der Waals surface area (Å²) in [5, 5.41) is 3.73. The summed E-state index contributed by atoms with van der Waals surface area (Å²) in [6, 6.07) is 74.0. The molecule has 1 aliphatic rings. The summed E-state index contributed by atoms with van der Waals surface area (Å²) in [6.45, 7) is 0. The van der Waals surface area contributed by atoms with Gasteiger partial charge in [0.1, 0.15) is 0 Å². The second-order valence-electron chi connectivity index (χ2n) is 16.1. The molecule has 0 unspecified atom stereocenters. The Morgan fingerprint density at radius 2 is 0.919 bits per heavy atom. The van der Waals surface area contributed by atoms with Crippen molar-refractivity contribution in [3.05, 3.63) is 229 Å². The topological polar surface area (TPSA) is 35.6 Å². The maximum Gasteiger partial charge on any atom is 0.234 e. The van der Waals surface area contributed by atoms with Gasteiger partial charge in [-0.15, -0.1) is 0 Å². The lowest BCUT2D eigenvalue weighted by atomic mass is 9.90. The number of allylic oxidation sites excluding steroid dienone is 1. The Morgan fingerprint density at radius 3 is 1.65 bits per heavy atom. The van der Waals surface area contributed by atoms with Crippen LogP contribution >= 0.6 is 0 Å². The van der Waals surface area contributed by atoms with E-state index in [1.807, 2.05) is 12.3 Å². The Kier molecular flexibility index (Phi) is 8.60. The first-order chi connectivity index (χ1) is 30.7. The molecule has 0 spiro atoms. The lowest BCUT2D eigenvalue weighted by Gasteiger charge is -2.17. The van der Waals surface area contributed by atoms with Crippen LogP contribution in [-0.4, -0.2) is 19.1 Å². The SMILES string of the molecule is C1=C(c2ccc3c(c2)c2ccccc2n3-c2ccc(-c3ccccc3)cc2)CCc2c1c1ccccc1n2-c1nccc(-c2cccc(-c3ccc(-c4ccccc4)cc3)c2)n1. The molecule has 0 saturated heterocycles. The largest absolute Gasteiger partial charge is 0.309 e. The van der Waals surface area contributed by atoms with Gasteiger partial charge in [-0.2, -0.15) is 0 Å². The molecule has 0 atom stereocenters. The summed E-state index contributed by atoms with van der Waals surface area (Å²) in [5.74, 6) is 0.695. The average Bonchev–Trinajstić information content (AvgIpc) is 3.87. The van der Waals surface area contributed by atoms with Crippen molar-refractivity contribution in [1.82, 2.24) is 19.1 Å². The molecule has 3 aromatic heterocycles. The van der Waals surface area contributed by atoms with E-state index in [2.05, 4.69) is 215 Å². The van der Waals surface area contributed by atoms with E-state index < -0.39 is 0 Å². The van der Waals surface area contributed by atoms with Crippen molar-refractivity contribution in [3.8, 4) is 56.3 Å². The summed E-state index contributed by atoms with van der Waals surface area (Å²) in [7, 11) is 0. The van der Waals surface area contributed by atoms with E-state index in [1.54, 1.807) is 0 Å². The van der Waals surface area contributed by atoms with Gasteiger partial charge in [0.05, 0.1) is 22.2 Å². The van der Waals surface area contributed by atoms with Crippen LogP contribution in [0.2, 0.25) is 0 Å². The molecule has 4 nitrogen and oxygen atoms in total. The minimum Gasteiger partial charge on any atom is -0.309 e. The molecule has 11 aromatic rings. The van der Waals surface area contributed by atoms with Gasteiger partial charge < -0.3 is 4.57 Å². The number of nitrogens with zero attached hydrogens (tertiary/aromatic N) is 4. The molecule has 292 valence electrons. The van der Waals surface area contributed by atoms with E-state index in [1.165, 1.54) is 77.4 Å². The van der Waals surface area contributed by atoms with E-state index in [9.17, 15) is 0 Å².